The van der Waals surface area contributed by atoms with E-state index < -0.39 is 0 Å². The van der Waals surface area contributed by atoms with Crippen LogP contribution in [0, 0.1) is 0 Å². The van der Waals surface area contributed by atoms with Gasteiger partial charge in [0.15, 0.2) is 17.5 Å². The van der Waals surface area contributed by atoms with Gasteiger partial charge in [-0.05, 0) is 29.7 Å². The molecule has 2 aromatic carbocycles. The molecule has 7 nitrogen and oxygen atoms in total. The second kappa shape index (κ2) is 13.6. The largest absolute Gasteiger partial charge is 0.493 e. The molecule has 2 N–H and O–H groups in total. The summed E-state index contributed by atoms with van der Waals surface area (Å²) in [4.78, 5) is 8.82. The summed E-state index contributed by atoms with van der Waals surface area (Å²) in [5.41, 5.74) is 2.44. The van der Waals surface area contributed by atoms with Crippen LogP contribution in [0.15, 0.2) is 65.9 Å². The van der Waals surface area contributed by atoms with Crippen LogP contribution in [0.1, 0.15) is 17.0 Å². The number of methoxy groups -OCH3 is 2. The quantitative estimate of drug-likeness (QED) is 0.230. The lowest BCUT2D eigenvalue weighted by Crippen LogP contribution is -2.39. The van der Waals surface area contributed by atoms with Gasteiger partial charge in [-0.15, -0.1) is 24.0 Å². The van der Waals surface area contributed by atoms with Crippen molar-refractivity contribution < 1.29 is 9.47 Å². The van der Waals surface area contributed by atoms with Crippen molar-refractivity contribution in [2.24, 2.45) is 4.99 Å². The Labute approximate surface area is 207 Å². The molecule has 1 heterocycles. The summed E-state index contributed by atoms with van der Waals surface area (Å²) in [5.74, 6) is 3.31. The fraction of sp³-hybridized carbons (Fsp3) is 0.333. The number of aromatic nitrogens is 2. The molecule has 8 heteroatoms. The van der Waals surface area contributed by atoms with E-state index in [0.717, 1.165) is 55.8 Å². The molecule has 0 radical (unpaired) electrons. The maximum Gasteiger partial charge on any atom is 0.191 e. The van der Waals surface area contributed by atoms with Gasteiger partial charge in [0.25, 0.3) is 0 Å². The number of nitrogens with one attached hydrogen (secondary N) is 2. The van der Waals surface area contributed by atoms with E-state index in [1.807, 2.05) is 36.7 Å². The van der Waals surface area contributed by atoms with E-state index in [9.17, 15) is 0 Å². The molecule has 0 amide bonds. The van der Waals surface area contributed by atoms with E-state index in [2.05, 4.69) is 49.4 Å². The number of benzene rings is 2. The third kappa shape index (κ3) is 7.44. The molecule has 0 bridgehead atoms. The van der Waals surface area contributed by atoms with Crippen LogP contribution in [0.2, 0.25) is 0 Å². The first kappa shape index (κ1) is 25.5. The Morgan fingerprint density at radius 1 is 0.938 bits per heavy atom. The third-order valence-corrected chi connectivity index (χ3v) is 5.02. The fourth-order valence-electron chi connectivity index (χ4n) is 3.37. The van der Waals surface area contributed by atoms with Crippen molar-refractivity contribution in [3.8, 4) is 11.5 Å². The molecule has 172 valence electrons. The smallest absolute Gasteiger partial charge is 0.191 e. The van der Waals surface area contributed by atoms with Gasteiger partial charge in [0.2, 0.25) is 0 Å². The number of imidazole rings is 1. The van der Waals surface area contributed by atoms with Crippen LogP contribution in [0.4, 0.5) is 0 Å². The fourth-order valence-corrected chi connectivity index (χ4v) is 3.37. The molecule has 0 atom stereocenters. The van der Waals surface area contributed by atoms with Crippen LogP contribution in [-0.4, -0.2) is 49.9 Å². The zero-order valence-corrected chi connectivity index (χ0v) is 21.2. The van der Waals surface area contributed by atoms with E-state index >= 15 is 0 Å². The first-order chi connectivity index (χ1) is 15.2. The summed E-state index contributed by atoms with van der Waals surface area (Å²) < 4.78 is 12.8. The maximum atomic E-state index is 5.37. The number of rotatable bonds is 10. The van der Waals surface area contributed by atoms with Crippen molar-refractivity contribution in [2.45, 2.75) is 19.4 Å². The number of halogens is 1. The second-order valence-corrected chi connectivity index (χ2v) is 7.07. The van der Waals surface area contributed by atoms with Crippen molar-refractivity contribution in [1.29, 1.82) is 0 Å². The highest BCUT2D eigenvalue weighted by molar-refractivity contribution is 14.0. The van der Waals surface area contributed by atoms with Crippen molar-refractivity contribution in [1.82, 2.24) is 20.2 Å². The Morgan fingerprint density at radius 2 is 1.66 bits per heavy atom. The minimum atomic E-state index is 0. The molecule has 0 aliphatic heterocycles. The molecule has 0 spiro atoms. The van der Waals surface area contributed by atoms with Crippen molar-refractivity contribution >= 4 is 29.9 Å². The highest BCUT2D eigenvalue weighted by Crippen LogP contribution is 2.27. The van der Waals surface area contributed by atoms with Crippen molar-refractivity contribution in [2.75, 3.05) is 34.4 Å². The molecule has 0 saturated heterocycles. The predicted molar refractivity (Wildman–Crippen MR) is 140 cm³/mol. The van der Waals surface area contributed by atoms with Crippen molar-refractivity contribution in [3.63, 3.8) is 0 Å². The lowest BCUT2D eigenvalue weighted by atomic mass is 10.1. The summed E-state index contributed by atoms with van der Waals surface area (Å²) in [7, 11) is 5.07. The Morgan fingerprint density at radius 3 is 2.34 bits per heavy atom. The summed E-state index contributed by atoms with van der Waals surface area (Å²) in [6, 6.07) is 16.4. The molecule has 0 aliphatic carbocycles. The number of hydrogen-bond donors (Lipinski definition) is 2. The van der Waals surface area contributed by atoms with Gasteiger partial charge >= 0.3 is 0 Å². The molecular formula is C24H32IN5O2. The van der Waals surface area contributed by atoms with E-state index in [4.69, 9.17) is 9.47 Å². The van der Waals surface area contributed by atoms with Gasteiger partial charge in [-0.2, -0.15) is 0 Å². The number of nitrogens with zero attached hydrogens (tertiary/aromatic N) is 3. The van der Waals surface area contributed by atoms with Gasteiger partial charge in [0.05, 0.1) is 14.2 Å². The Balaban J connectivity index is 0.00000363. The molecule has 1 aromatic heterocycles. The van der Waals surface area contributed by atoms with Crippen LogP contribution >= 0.6 is 24.0 Å². The van der Waals surface area contributed by atoms with E-state index in [-0.39, 0.29) is 24.0 Å². The Kier molecular flexibility index (Phi) is 10.9. The monoisotopic (exact) mass is 549 g/mol. The second-order valence-electron chi connectivity index (χ2n) is 7.07. The van der Waals surface area contributed by atoms with E-state index in [0.29, 0.717) is 0 Å². The number of aliphatic imine (C=N–C) groups is 1. The lowest BCUT2D eigenvalue weighted by molar-refractivity contribution is 0.354. The molecule has 0 saturated carbocycles. The summed E-state index contributed by atoms with van der Waals surface area (Å²) in [6.45, 7) is 2.34. The zero-order valence-electron chi connectivity index (χ0n) is 18.9. The summed E-state index contributed by atoms with van der Waals surface area (Å²) in [5, 5.41) is 6.72. The van der Waals surface area contributed by atoms with Crippen molar-refractivity contribution in [3.05, 3.63) is 77.9 Å². The number of hydrogen-bond acceptors (Lipinski definition) is 4. The highest BCUT2D eigenvalue weighted by Gasteiger charge is 2.06. The van der Waals surface area contributed by atoms with Crippen LogP contribution < -0.4 is 20.1 Å². The van der Waals surface area contributed by atoms with Gasteiger partial charge in [-0.1, -0.05) is 36.4 Å². The van der Waals surface area contributed by atoms with Crippen LogP contribution in [0.5, 0.6) is 11.5 Å². The minimum Gasteiger partial charge on any atom is -0.493 e. The van der Waals surface area contributed by atoms with Gasteiger partial charge < -0.3 is 24.7 Å². The average molecular weight is 549 g/mol. The molecule has 0 unspecified atom stereocenters. The van der Waals surface area contributed by atoms with Gasteiger partial charge in [-0.3, -0.25) is 4.99 Å². The van der Waals surface area contributed by atoms with Crippen LogP contribution in [0.3, 0.4) is 0 Å². The zero-order chi connectivity index (χ0) is 21.9. The number of guanidine groups is 1. The Bertz CT molecular complexity index is 976. The normalized spacial score (nSPS) is 10.9. The molecule has 0 fully saturated rings. The summed E-state index contributed by atoms with van der Waals surface area (Å²) >= 11 is 0. The predicted octanol–water partition coefficient (Wildman–Crippen LogP) is 3.52. The standard InChI is InChI=1S/C24H31N5O2.HI/c1-25-24(27-13-11-19-9-10-21(30-2)22(17-19)31-3)28-14-12-23-26-15-16-29(23)18-20-7-5-4-6-8-20;/h4-10,15-17H,11-14,18H2,1-3H3,(H2,25,27,28);1H. The first-order valence-corrected chi connectivity index (χ1v) is 10.4. The molecule has 0 aliphatic rings. The van der Waals surface area contributed by atoms with Gasteiger partial charge in [0.1, 0.15) is 5.82 Å². The SMILES string of the molecule is CN=C(NCCc1ccc(OC)c(OC)c1)NCCc1nccn1Cc1ccccc1.I. The molecule has 32 heavy (non-hydrogen) atoms. The number of ether oxygens (including phenoxy) is 2. The molecular weight excluding hydrogens is 517 g/mol. The van der Waals surface area contributed by atoms with Crippen LogP contribution in [-0.2, 0) is 19.4 Å². The molecule has 3 rings (SSSR count). The third-order valence-electron chi connectivity index (χ3n) is 5.02. The highest BCUT2D eigenvalue weighted by atomic mass is 127. The topological polar surface area (TPSA) is 72.7 Å². The van der Waals surface area contributed by atoms with E-state index in [1.165, 1.54) is 11.1 Å². The lowest BCUT2D eigenvalue weighted by Gasteiger charge is -2.13. The van der Waals surface area contributed by atoms with Crippen LogP contribution in [0.25, 0.3) is 0 Å². The van der Waals surface area contributed by atoms with Gasteiger partial charge in [-0.25, -0.2) is 4.98 Å². The maximum absolute atomic E-state index is 5.37. The minimum absolute atomic E-state index is 0. The average Bonchev–Trinajstić information content (AvgIpc) is 3.25. The summed E-state index contributed by atoms with van der Waals surface area (Å²) in [6.07, 6.45) is 5.55. The van der Waals surface area contributed by atoms with E-state index in [1.54, 1.807) is 21.3 Å². The molecule has 3 aromatic rings. The first-order valence-electron chi connectivity index (χ1n) is 10.4. The van der Waals surface area contributed by atoms with Gasteiger partial charge in [0, 0.05) is 45.5 Å². The Hall–Kier alpha value is -2.75.